The number of carbonyl (C=O) groups is 3. The van der Waals surface area contributed by atoms with Crippen molar-refractivity contribution in [3.05, 3.63) is 0 Å². The minimum atomic E-state index is -0.792. The van der Waals surface area contributed by atoms with E-state index in [1.54, 1.807) is 4.90 Å². The molecule has 2 amide bonds. The van der Waals surface area contributed by atoms with E-state index in [0.717, 1.165) is 12.8 Å². The van der Waals surface area contributed by atoms with Crippen LogP contribution in [0.15, 0.2) is 0 Å². The third-order valence-electron chi connectivity index (χ3n) is 3.36. The molecule has 2 unspecified atom stereocenters. The van der Waals surface area contributed by atoms with Crippen molar-refractivity contribution in [2.75, 3.05) is 20.2 Å². The summed E-state index contributed by atoms with van der Waals surface area (Å²) in [6.07, 6.45) is 2.28. The van der Waals surface area contributed by atoms with Crippen LogP contribution in [0.2, 0.25) is 0 Å². The van der Waals surface area contributed by atoms with Crippen molar-refractivity contribution in [2.24, 2.45) is 5.92 Å². The maximum Gasteiger partial charge on any atom is 0.330 e. The van der Waals surface area contributed by atoms with Crippen LogP contribution in [0.3, 0.4) is 0 Å². The molecule has 0 saturated carbocycles. The minimum absolute atomic E-state index is 0.0311. The molecule has 1 rings (SSSR count). The maximum absolute atomic E-state index is 12.0. The normalized spacial score (nSPS) is 21.5. The number of ether oxygens (including phenoxy) is 1. The lowest BCUT2D eigenvalue weighted by molar-refractivity contribution is -0.146. The summed E-state index contributed by atoms with van der Waals surface area (Å²) in [4.78, 5) is 36.3. The topological polar surface area (TPSA) is 75.7 Å². The smallest absolute Gasteiger partial charge is 0.330 e. The first-order valence-corrected chi connectivity index (χ1v) is 6.56. The van der Waals surface area contributed by atoms with Gasteiger partial charge in [-0.15, -0.1) is 0 Å². The van der Waals surface area contributed by atoms with Crippen LogP contribution in [-0.2, 0) is 19.1 Å². The number of nitrogens with one attached hydrogen (secondary N) is 1. The Bertz CT molecular complexity index is 357. The van der Waals surface area contributed by atoms with Crippen molar-refractivity contribution in [1.82, 2.24) is 10.2 Å². The van der Waals surface area contributed by atoms with Gasteiger partial charge in [0.15, 0.2) is 0 Å². The molecule has 0 spiro atoms. The number of likely N-dealkylation sites (tertiary alicyclic amines) is 1. The van der Waals surface area contributed by atoms with Gasteiger partial charge in [0.05, 0.1) is 13.7 Å². The van der Waals surface area contributed by atoms with Crippen LogP contribution >= 0.6 is 0 Å². The van der Waals surface area contributed by atoms with Crippen LogP contribution in [0, 0.1) is 5.92 Å². The zero-order chi connectivity index (χ0) is 14.4. The molecule has 0 aromatic rings. The van der Waals surface area contributed by atoms with Crippen molar-refractivity contribution in [2.45, 2.75) is 39.2 Å². The lowest BCUT2D eigenvalue weighted by Gasteiger charge is -2.25. The van der Waals surface area contributed by atoms with E-state index >= 15 is 0 Å². The number of rotatable bonds is 4. The van der Waals surface area contributed by atoms with E-state index in [2.05, 4.69) is 17.0 Å². The zero-order valence-electron chi connectivity index (χ0n) is 11.8. The molecular weight excluding hydrogens is 248 g/mol. The van der Waals surface area contributed by atoms with E-state index in [9.17, 15) is 14.4 Å². The average Bonchev–Trinajstić information content (AvgIpc) is 2.51. The van der Waals surface area contributed by atoms with E-state index in [1.165, 1.54) is 14.0 Å². The summed E-state index contributed by atoms with van der Waals surface area (Å²) in [5, 5.41) is 2.52. The third-order valence-corrected chi connectivity index (χ3v) is 3.36. The van der Waals surface area contributed by atoms with E-state index in [-0.39, 0.29) is 18.4 Å². The molecule has 0 aromatic carbocycles. The summed E-state index contributed by atoms with van der Waals surface area (Å²) >= 11 is 0. The number of methoxy groups -OCH3 is 1. The van der Waals surface area contributed by atoms with Crippen LogP contribution in [0.5, 0.6) is 0 Å². The van der Waals surface area contributed by atoms with E-state index in [0.29, 0.717) is 18.9 Å². The van der Waals surface area contributed by atoms with E-state index in [1.807, 2.05) is 0 Å². The number of amides is 2. The molecule has 108 valence electrons. The van der Waals surface area contributed by atoms with Crippen molar-refractivity contribution in [3.8, 4) is 0 Å². The second-order valence-electron chi connectivity index (χ2n) is 5.05. The molecule has 6 heteroatoms. The van der Waals surface area contributed by atoms with E-state index in [4.69, 9.17) is 0 Å². The van der Waals surface area contributed by atoms with Gasteiger partial charge in [-0.05, 0) is 18.8 Å². The predicted molar refractivity (Wildman–Crippen MR) is 69.2 cm³/mol. The molecule has 1 saturated heterocycles. The molecule has 1 fully saturated rings. The fourth-order valence-electron chi connectivity index (χ4n) is 2.15. The Morgan fingerprint density at radius 1 is 1.47 bits per heavy atom. The number of esters is 1. The molecule has 1 N–H and O–H groups in total. The molecule has 0 bridgehead atoms. The average molecular weight is 270 g/mol. The Morgan fingerprint density at radius 3 is 2.74 bits per heavy atom. The Balaban J connectivity index is 2.68. The van der Waals surface area contributed by atoms with Crippen LogP contribution in [0.4, 0.5) is 0 Å². The van der Waals surface area contributed by atoms with Crippen LogP contribution in [0.25, 0.3) is 0 Å². The molecule has 2 atom stereocenters. The lowest BCUT2D eigenvalue weighted by atomic mass is 10.0. The van der Waals surface area contributed by atoms with Gasteiger partial charge in [-0.25, -0.2) is 4.79 Å². The van der Waals surface area contributed by atoms with Gasteiger partial charge in [0.25, 0.3) is 0 Å². The van der Waals surface area contributed by atoms with E-state index < -0.39 is 12.0 Å². The minimum Gasteiger partial charge on any atom is -0.467 e. The van der Waals surface area contributed by atoms with Gasteiger partial charge < -0.3 is 15.0 Å². The maximum atomic E-state index is 12.0. The Labute approximate surface area is 113 Å². The monoisotopic (exact) mass is 270 g/mol. The fourth-order valence-corrected chi connectivity index (χ4v) is 2.15. The molecule has 1 aliphatic heterocycles. The molecule has 19 heavy (non-hydrogen) atoms. The molecule has 1 aliphatic rings. The van der Waals surface area contributed by atoms with Crippen molar-refractivity contribution in [1.29, 1.82) is 0 Å². The van der Waals surface area contributed by atoms with Gasteiger partial charge in [0, 0.05) is 19.9 Å². The third kappa shape index (κ3) is 4.89. The number of hydrogen-bond donors (Lipinski definition) is 1. The summed E-state index contributed by atoms with van der Waals surface area (Å²) in [6, 6.07) is -0.792. The summed E-state index contributed by atoms with van der Waals surface area (Å²) in [5.74, 6) is -0.304. The van der Waals surface area contributed by atoms with Crippen molar-refractivity contribution in [3.63, 3.8) is 0 Å². The molecular formula is C13H22N2O4. The first kappa shape index (κ1) is 15.5. The Morgan fingerprint density at radius 2 is 2.16 bits per heavy atom. The fraction of sp³-hybridized carbons (Fsp3) is 0.769. The van der Waals surface area contributed by atoms with Gasteiger partial charge in [-0.2, -0.15) is 0 Å². The van der Waals surface area contributed by atoms with Crippen molar-refractivity contribution >= 4 is 17.8 Å². The molecule has 0 radical (unpaired) electrons. The summed E-state index contributed by atoms with van der Waals surface area (Å²) < 4.78 is 4.65. The largest absolute Gasteiger partial charge is 0.467 e. The highest BCUT2D eigenvalue weighted by molar-refractivity contribution is 5.84. The first-order chi connectivity index (χ1) is 8.93. The Hall–Kier alpha value is -1.59. The van der Waals surface area contributed by atoms with Gasteiger partial charge in [-0.3, -0.25) is 9.59 Å². The van der Waals surface area contributed by atoms with Crippen molar-refractivity contribution < 1.29 is 19.1 Å². The highest BCUT2D eigenvalue weighted by atomic mass is 16.5. The second-order valence-corrected chi connectivity index (χ2v) is 5.05. The number of carbonyl (C=O) groups excluding carboxylic acids is 3. The molecule has 1 heterocycles. The SMILES string of the molecule is COC(=O)C(CN1CCC(C)CCC1=O)NC(C)=O. The number of hydrogen-bond acceptors (Lipinski definition) is 4. The highest BCUT2D eigenvalue weighted by Crippen LogP contribution is 2.17. The van der Waals surface area contributed by atoms with Gasteiger partial charge in [-0.1, -0.05) is 6.92 Å². The standard InChI is InChI=1S/C13H22N2O4/c1-9-4-5-12(17)15(7-6-9)8-11(13(18)19-3)14-10(2)16/h9,11H,4-8H2,1-3H3,(H,14,16). The van der Waals surface area contributed by atoms with Crippen LogP contribution in [-0.4, -0.2) is 48.9 Å². The first-order valence-electron chi connectivity index (χ1n) is 6.56. The second kappa shape index (κ2) is 7.11. The van der Waals surface area contributed by atoms with Gasteiger partial charge in [0.2, 0.25) is 11.8 Å². The summed E-state index contributed by atoms with van der Waals surface area (Å²) in [7, 11) is 1.27. The molecule has 6 nitrogen and oxygen atoms in total. The summed E-state index contributed by atoms with van der Waals surface area (Å²) in [6.45, 7) is 4.25. The van der Waals surface area contributed by atoms with Gasteiger partial charge in [0.1, 0.15) is 6.04 Å². The number of nitrogens with zero attached hydrogens (tertiary/aromatic N) is 1. The van der Waals surface area contributed by atoms with Gasteiger partial charge >= 0.3 is 5.97 Å². The lowest BCUT2D eigenvalue weighted by Crippen LogP contribution is -2.49. The van der Waals surface area contributed by atoms with Crippen LogP contribution < -0.4 is 5.32 Å². The molecule has 0 aliphatic carbocycles. The highest BCUT2D eigenvalue weighted by Gasteiger charge is 2.27. The quantitative estimate of drug-likeness (QED) is 0.746. The Kier molecular flexibility index (Phi) is 5.79. The molecule has 0 aromatic heterocycles. The zero-order valence-corrected chi connectivity index (χ0v) is 11.8. The van der Waals surface area contributed by atoms with Crippen LogP contribution in [0.1, 0.15) is 33.1 Å². The predicted octanol–water partition coefficient (Wildman–Crippen LogP) is 0.313. The summed E-state index contributed by atoms with van der Waals surface area (Å²) in [5.41, 5.74) is 0.